The first-order valence-corrected chi connectivity index (χ1v) is 7.86. The van der Waals surface area contributed by atoms with Crippen molar-refractivity contribution in [2.75, 3.05) is 6.61 Å². The van der Waals surface area contributed by atoms with Crippen LogP contribution >= 0.6 is 11.3 Å². The summed E-state index contributed by atoms with van der Waals surface area (Å²) in [6.07, 6.45) is 1.53. The maximum atomic E-state index is 7.57. The van der Waals surface area contributed by atoms with E-state index in [0.717, 1.165) is 39.7 Å². The quantitative estimate of drug-likeness (QED) is 0.635. The highest BCUT2D eigenvalue weighted by molar-refractivity contribution is 7.13. The molecule has 0 radical (unpaired) electrons. The molecule has 1 aromatic carbocycles. The second-order valence-corrected chi connectivity index (χ2v) is 6.10. The molecule has 1 aromatic heterocycles. The van der Waals surface area contributed by atoms with Crippen LogP contribution in [0.15, 0.2) is 18.2 Å². The fourth-order valence-electron chi connectivity index (χ4n) is 2.07. The molecule has 0 bridgehead atoms. The van der Waals surface area contributed by atoms with Gasteiger partial charge in [-0.15, -0.1) is 11.3 Å². The van der Waals surface area contributed by atoms with Crippen LogP contribution in [0.3, 0.4) is 0 Å². The van der Waals surface area contributed by atoms with E-state index in [1.165, 1.54) is 16.9 Å². The number of nitrogen functional groups attached to an aromatic ring is 1. The first-order valence-electron chi connectivity index (χ1n) is 7.04. The summed E-state index contributed by atoms with van der Waals surface area (Å²) in [5.41, 5.74) is 8.82. The van der Waals surface area contributed by atoms with Gasteiger partial charge < -0.3 is 10.5 Å². The molecule has 4 nitrogen and oxygen atoms in total. The Kier molecular flexibility index (Phi) is 4.96. The lowest BCUT2D eigenvalue weighted by Crippen LogP contribution is -2.11. The molecule has 0 saturated carbocycles. The maximum Gasteiger partial charge on any atom is 0.135 e. The molecule has 2 aromatic rings. The van der Waals surface area contributed by atoms with Gasteiger partial charge in [0.1, 0.15) is 11.6 Å². The molecule has 0 atom stereocenters. The molecular weight excluding hydrogens is 282 g/mol. The molecule has 0 aliphatic carbocycles. The zero-order valence-corrected chi connectivity index (χ0v) is 13.5. The van der Waals surface area contributed by atoms with E-state index in [9.17, 15) is 0 Å². The molecule has 0 fully saturated rings. The van der Waals surface area contributed by atoms with Gasteiger partial charge in [-0.3, -0.25) is 5.41 Å². The fourth-order valence-corrected chi connectivity index (χ4v) is 3.06. The van der Waals surface area contributed by atoms with Gasteiger partial charge in [0.25, 0.3) is 0 Å². The molecule has 2 rings (SSSR count). The number of aromatic nitrogens is 1. The molecule has 1 heterocycles. The summed E-state index contributed by atoms with van der Waals surface area (Å²) in [4.78, 5) is 5.33. The molecule has 21 heavy (non-hydrogen) atoms. The van der Waals surface area contributed by atoms with E-state index in [1.54, 1.807) is 0 Å². The van der Waals surface area contributed by atoms with Crippen LogP contribution in [0.5, 0.6) is 5.75 Å². The number of aryl methyl sites for hydroxylation is 3. The van der Waals surface area contributed by atoms with E-state index in [2.05, 4.69) is 30.1 Å². The van der Waals surface area contributed by atoms with Crippen molar-refractivity contribution in [2.24, 2.45) is 5.73 Å². The van der Waals surface area contributed by atoms with Gasteiger partial charge in [0.05, 0.1) is 22.2 Å². The summed E-state index contributed by atoms with van der Waals surface area (Å²) in [5.74, 6) is 1.03. The van der Waals surface area contributed by atoms with Crippen molar-refractivity contribution in [3.63, 3.8) is 0 Å². The van der Waals surface area contributed by atoms with Gasteiger partial charge in [-0.2, -0.15) is 0 Å². The summed E-state index contributed by atoms with van der Waals surface area (Å²) in [7, 11) is 0. The number of hydrogen-bond acceptors (Lipinski definition) is 4. The Bertz CT molecular complexity index is 649. The standard InChI is InChI=1S/C16H21N3OS/c1-4-12-15(16(17)18)21-14(19-12)7-8-20-13-9-10(2)5-6-11(13)3/h5-6,9H,4,7-8H2,1-3H3,(H3,17,18). The normalized spacial score (nSPS) is 10.6. The Balaban J connectivity index is 2.00. The number of thiazole rings is 1. The predicted octanol–water partition coefficient (Wildman–Crippen LogP) is 3.23. The lowest BCUT2D eigenvalue weighted by Gasteiger charge is -2.08. The van der Waals surface area contributed by atoms with Crippen LogP contribution in [0.25, 0.3) is 0 Å². The summed E-state index contributed by atoms with van der Waals surface area (Å²) >= 11 is 1.49. The smallest absolute Gasteiger partial charge is 0.135 e. The minimum Gasteiger partial charge on any atom is -0.493 e. The van der Waals surface area contributed by atoms with Crippen LogP contribution in [0.1, 0.15) is 33.6 Å². The highest BCUT2D eigenvalue weighted by Gasteiger charge is 2.12. The second kappa shape index (κ2) is 6.72. The van der Waals surface area contributed by atoms with Gasteiger partial charge in [0.2, 0.25) is 0 Å². The zero-order chi connectivity index (χ0) is 15.4. The Morgan fingerprint density at radius 3 is 2.76 bits per heavy atom. The SMILES string of the molecule is CCc1nc(CCOc2cc(C)ccc2C)sc1C(=N)N. The van der Waals surface area contributed by atoms with Gasteiger partial charge in [-0.05, 0) is 37.5 Å². The topological polar surface area (TPSA) is 72.0 Å². The third kappa shape index (κ3) is 3.82. The number of nitrogens with two attached hydrogens (primary N) is 1. The number of nitrogens with one attached hydrogen (secondary N) is 1. The van der Waals surface area contributed by atoms with Crippen LogP contribution < -0.4 is 10.5 Å². The summed E-state index contributed by atoms with van der Waals surface area (Å²) in [6.45, 7) is 6.71. The summed E-state index contributed by atoms with van der Waals surface area (Å²) < 4.78 is 5.85. The van der Waals surface area contributed by atoms with Crippen molar-refractivity contribution in [3.05, 3.63) is 44.9 Å². The van der Waals surface area contributed by atoms with E-state index < -0.39 is 0 Å². The molecule has 0 spiro atoms. The van der Waals surface area contributed by atoms with Crippen molar-refractivity contribution in [1.29, 1.82) is 5.41 Å². The van der Waals surface area contributed by atoms with Gasteiger partial charge in [0.15, 0.2) is 0 Å². The van der Waals surface area contributed by atoms with Crippen LogP contribution in [-0.4, -0.2) is 17.4 Å². The van der Waals surface area contributed by atoms with Crippen molar-refractivity contribution >= 4 is 17.2 Å². The highest BCUT2D eigenvalue weighted by atomic mass is 32.1. The number of hydrogen-bond donors (Lipinski definition) is 2. The number of nitrogens with zero attached hydrogens (tertiary/aromatic N) is 1. The fraction of sp³-hybridized carbons (Fsp3) is 0.375. The van der Waals surface area contributed by atoms with Crippen LogP contribution in [-0.2, 0) is 12.8 Å². The van der Waals surface area contributed by atoms with Crippen LogP contribution in [0.2, 0.25) is 0 Å². The molecule has 112 valence electrons. The Morgan fingerprint density at radius 1 is 1.38 bits per heavy atom. The third-order valence-corrected chi connectivity index (χ3v) is 4.43. The molecule has 0 aliphatic heterocycles. The van der Waals surface area contributed by atoms with E-state index in [-0.39, 0.29) is 5.84 Å². The molecule has 0 aliphatic rings. The second-order valence-electron chi connectivity index (χ2n) is 5.02. The van der Waals surface area contributed by atoms with Gasteiger partial charge in [-0.25, -0.2) is 4.98 Å². The van der Waals surface area contributed by atoms with E-state index in [4.69, 9.17) is 15.9 Å². The van der Waals surface area contributed by atoms with Crippen molar-refractivity contribution in [3.8, 4) is 5.75 Å². The number of amidine groups is 1. The average molecular weight is 303 g/mol. The van der Waals surface area contributed by atoms with Crippen LogP contribution in [0, 0.1) is 19.3 Å². The van der Waals surface area contributed by atoms with Crippen molar-refractivity contribution < 1.29 is 4.74 Å². The number of benzene rings is 1. The molecular formula is C16H21N3OS. The monoisotopic (exact) mass is 303 g/mol. The largest absolute Gasteiger partial charge is 0.493 e. The zero-order valence-electron chi connectivity index (χ0n) is 12.7. The minimum absolute atomic E-state index is 0.103. The molecule has 5 heteroatoms. The number of ether oxygens (including phenoxy) is 1. The van der Waals surface area contributed by atoms with E-state index >= 15 is 0 Å². The Hall–Kier alpha value is -1.88. The summed E-state index contributed by atoms with van der Waals surface area (Å²) in [6, 6.07) is 6.20. The Morgan fingerprint density at radius 2 is 2.14 bits per heavy atom. The molecule has 0 saturated heterocycles. The number of rotatable bonds is 6. The lowest BCUT2D eigenvalue weighted by molar-refractivity contribution is 0.319. The average Bonchev–Trinajstić information content (AvgIpc) is 2.86. The van der Waals surface area contributed by atoms with Crippen molar-refractivity contribution in [1.82, 2.24) is 4.98 Å². The minimum atomic E-state index is 0.103. The predicted molar refractivity (Wildman–Crippen MR) is 87.6 cm³/mol. The third-order valence-electron chi connectivity index (χ3n) is 3.24. The van der Waals surface area contributed by atoms with Gasteiger partial charge in [-0.1, -0.05) is 19.1 Å². The highest BCUT2D eigenvalue weighted by Crippen LogP contribution is 2.21. The lowest BCUT2D eigenvalue weighted by atomic mass is 10.1. The first kappa shape index (κ1) is 15.5. The molecule has 0 unspecified atom stereocenters. The van der Waals surface area contributed by atoms with E-state index in [1.807, 2.05) is 13.8 Å². The van der Waals surface area contributed by atoms with Crippen LogP contribution in [0.4, 0.5) is 0 Å². The van der Waals surface area contributed by atoms with Crippen molar-refractivity contribution in [2.45, 2.75) is 33.6 Å². The van der Waals surface area contributed by atoms with Gasteiger partial charge >= 0.3 is 0 Å². The maximum absolute atomic E-state index is 7.57. The van der Waals surface area contributed by atoms with E-state index in [0.29, 0.717) is 6.61 Å². The summed E-state index contributed by atoms with van der Waals surface area (Å²) in [5, 5.41) is 8.55. The first-order chi connectivity index (χ1) is 10.0. The van der Waals surface area contributed by atoms with Gasteiger partial charge in [0, 0.05) is 6.42 Å². The molecule has 0 amide bonds. The Labute approximate surface area is 129 Å². The molecule has 3 N–H and O–H groups in total.